The van der Waals surface area contributed by atoms with E-state index in [-0.39, 0.29) is 24.5 Å². The lowest BCUT2D eigenvalue weighted by molar-refractivity contribution is -0.142. The van der Waals surface area contributed by atoms with Crippen LogP contribution in [0, 0.1) is 25.2 Å². The highest BCUT2D eigenvalue weighted by Gasteiger charge is 2.18. The van der Waals surface area contributed by atoms with E-state index in [4.69, 9.17) is 14.7 Å². The number of halogens is 2. The van der Waals surface area contributed by atoms with Gasteiger partial charge in [-0.3, -0.25) is 4.79 Å². The highest BCUT2D eigenvalue weighted by atomic mass is 19.3. The summed E-state index contributed by atoms with van der Waals surface area (Å²) in [4.78, 5) is 26.2. The van der Waals surface area contributed by atoms with Gasteiger partial charge in [0.2, 0.25) is 0 Å². The maximum Gasteiger partial charge on any atom is 0.387 e. The van der Waals surface area contributed by atoms with E-state index >= 15 is 0 Å². The number of carbonyl (C=O) groups excluding carboxylic acids is 2. The fourth-order valence-corrected chi connectivity index (χ4v) is 3.07. The number of alkyl halides is 2. The van der Waals surface area contributed by atoms with Crippen LogP contribution in [0.1, 0.15) is 23.1 Å². The first-order valence-electron chi connectivity index (χ1n) is 9.96. The Morgan fingerprint density at radius 1 is 1.12 bits per heavy atom. The number of amides is 1. The van der Waals surface area contributed by atoms with Crippen molar-refractivity contribution in [3.63, 3.8) is 0 Å². The SMILES string of the molecule is COc1cc(/C=C/C(=O)OCC(=O)N(CCC#N)c2cc(C)cc(C)c2)ccc1OC(F)F. The average molecular weight is 458 g/mol. The number of ether oxygens (including phenoxy) is 3. The van der Waals surface area contributed by atoms with E-state index in [0.717, 1.165) is 17.2 Å². The first-order chi connectivity index (χ1) is 15.7. The predicted molar refractivity (Wildman–Crippen MR) is 118 cm³/mol. The van der Waals surface area contributed by atoms with Gasteiger partial charge in [-0.15, -0.1) is 0 Å². The van der Waals surface area contributed by atoms with Gasteiger partial charge in [0.05, 0.1) is 19.6 Å². The van der Waals surface area contributed by atoms with Crippen LogP contribution in [-0.2, 0) is 14.3 Å². The molecule has 0 fully saturated rings. The van der Waals surface area contributed by atoms with Gasteiger partial charge >= 0.3 is 12.6 Å². The second-order valence-corrected chi connectivity index (χ2v) is 7.03. The number of hydrogen-bond acceptors (Lipinski definition) is 6. The Morgan fingerprint density at radius 2 is 1.82 bits per heavy atom. The lowest BCUT2D eigenvalue weighted by Gasteiger charge is -2.22. The van der Waals surface area contributed by atoms with Crippen LogP contribution in [0.15, 0.2) is 42.5 Å². The normalized spacial score (nSPS) is 10.7. The third-order valence-electron chi connectivity index (χ3n) is 4.42. The third kappa shape index (κ3) is 7.92. The van der Waals surface area contributed by atoms with E-state index in [0.29, 0.717) is 11.3 Å². The number of methoxy groups -OCH3 is 1. The van der Waals surface area contributed by atoms with Crippen LogP contribution in [0.4, 0.5) is 14.5 Å². The largest absolute Gasteiger partial charge is 0.493 e. The Kier molecular flexibility index (Phi) is 9.36. The van der Waals surface area contributed by atoms with E-state index in [9.17, 15) is 18.4 Å². The maximum atomic E-state index is 12.7. The molecule has 2 aromatic rings. The molecule has 1 amide bonds. The highest BCUT2D eigenvalue weighted by Crippen LogP contribution is 2.29. The van der Waals surface area contributed by atoms with Crippen molar-refractivity contribution in [1.29, 1.82) is 5.26 Å². The molecule has 0 heterocycles. The fourth-order valence-electron chi connectivity index (χ4n) is 3.07. The summed E-state index contributed by atoms with van der Waals surface area (Å²) >= 11 is 0. The maximum absolute atomic E-state index is 12.7. The van der Waals surface area contributed by atoms with Gasteiger partial charge in [-0.1, -0.05) is 12.1 Å². The molecule has 0 spiro atoms. The van der Waals surface area contributed by atoms with Gasteiger partial charge in [-0.05, 0) is 60.9 Å². The first kappa shape index (κ1) is 25.3. The van der Waals surface area contributed by atoms with Gasteiger partial charge in [0.15, 0.2) is 18.1 Å². The highest BCUT2D eigenvalue weighted by molar-refractivity contribution is 5.96. The zero-order chi connectivity index (χ0) is 24.4. The molecule has 2 aromatic carbocycles. The van der Waals surface area contributed by atoms with Gasteiger partial charge in [0.25, 0.3) is 5.91 Å². The molecule has 0 aliphatic heterocycles. The summed E-state index contributed by atoms with van der Waals surface area (Å²) in [7, 11) is 1.30. The summed E-state index contributed by atoms with van der Waals surface area (Å²) < 4.78 is 39.2. The van der Waals surface area contributed by atoms with Gasteiger partial charge in [-0.25, -0.2) is 4.79 Å². The molecule has 0 unspecified atom stereocenters. The quantitative estimate of drug-likeness (QED) is 0.387. The number of aryl methyl sites for hydroxylation is 2. The minimum absolute atomic E-state index is 0.0718. The summed E-state index contributed by atoms with van der Waals surface area (Å²) in [5.74, 6) is -1.30. The van der Waals surface area contributed by atoms with Crippen LogP contribution >= 0.6 is 0 Å². The Balaban J connectivity index is 2.03. The summed E-state index contributed by atoms with van der Waals surface area (Å²) in [5, 5.41) is 8.91. The van der Waals surface area contributed by atoms with Crippen molar-refractivity contribution in [3.05, 3.63) is 59.2 Å². The number of nitrogens with zero attached hydrogens (tertiary/aromatic N) is 2. The molecule has 2 rings (SSSR count). The lowest BCUT2D eigenvalue weighted by atomic mass is 10.1. The molecule has 174 valence electrons. The van der Waals surface area contributed by atoms with Crippen molar-refractivity contribution in [2.24, 2.45) is 0 Å². The van der Waals surface area contributed by atoms with Gasteiger partial charge in [0.1, 0.15) is 0 Å². The van der Waals surface area contributed by atoms with Crippen molar-refractivity contribution in [3.8, 4) is 17.6 Å². The van der Waals surface area contributed by atoms with Gasteiger partial charge in [-0.2, -0.15) is 14.0 Å². The summed E-state index contributed by atoms with van der Waals surface area (Å²) in [5.41, 5.74) is 3.01. The monoisotopic (exact) mass is 458 g/mol. The van der Waals surface area contributed by atoms with Crippen LogP contribution in [0.25, 0.3) is 6.08 Å². The summed E-state index contributed by atoms with van der Waals surface area (Å²) in [6, 6.07) is 11.8. The van der Waals surface area contributed by atoms with Crippen LogP contribution in [0.3, 0.4) is 0 Å². The molecule has 0 aromatic heterocycles. The van der Waals surface area contributed by atoms with Crippen molar-refractivity contribution in [2.75, 3.05) is 25.2 Å². The van der Waals surface area contributed by atoms with E-state index in [1.807, 2.05) is 38.1 Å². The molecule has 33 heavy (non-hydrogen) atoms. The molecule has 0 saturated carbocycles. The molecular formula is C24H24F2N2O5. The first-order valence-corrected chi connectivity index (χ1v) is 9.96. The van der Waals surface area contributed by atoms with Gasteiger partial charge in [0, 0.05) is 18.3 Å². The number of benzene rings is 2. The molecule has 0 bridgehead atoms. The van der Waals surface area contributed by atoms with Gasteiger partial charge < -0.3 is 19.1 Å². The minimum atomic E-state index is -3.00. The number of hydrogen-bond donors (Lipinski definition) is 0. The number of esters is 1. The van der Waals surface area contributed by atoms with Crippen LogP contribution in [0.2, 0.25) is 0 Å². The van der Waals surface area contributed by atoms with E-state index in [2.05, 4.69) is 4.74 Å². The molecule has 0 aliphatic rings. The van der Waals surface area contributed by atoms with E-state index in [1.165, 1.54) is 36.3 Å². The number of carbonyl (C=O) groups is 2. The van der Waals surface area contributed by atoms with E-state index in [1.54, 1.807) is 0 Å². The fraction of sp³-hybridized carbons (Fsp3) is 0.292. The lowest BCUT2D eigenvalue weighted by Crippen LogP contribution is -2.35. The smallest absolute Gasteiger partial charge is 0.387 e. The topological polar surface area (TPSA) is 88.9 Å². The molecular weight excluding hydrogens is 434 g/mol. The number of anilines is 1. The molecule has 9 heteroatoms. The Bertz CT molecular complexity index is 1040. The standard InChI is InChI=1S/C24H24F2N2O5/c1-16-11-17(2)13-19(12-16)28(10-4-9-27)22(29)15-32-23(30)8-6-18-5-7-20(33-24(25)26)21(14-18)31-3/h5-8,11-14,24H,4,10,15H2,1-3H3/b8-6+. The minimum Gasteiger partial charge on any atom is -0.493 e. The zero-order valence-electron chi connectivity index (χ0n) is 18.5. The van der Waals surface area contributed by atoms with Crippen LogP contribution < -0.4 is 14.4 Å². The average Bonchev–Trinajstić information content (AvgIpc) is 2.76. The van der Waals surface area contributed by atoms with Crippen molar-refractivity contribution >= 4 is 23.6 Å². The number of nitriles is 1. The van der Waals surface area contributed by atoms with Crippen molar-refractivity contribution in [1.82, 2.24) is 0 Å². The molecule has 7 nitrogen and oxygen atoms in total. The molecule has 0 radical (unpaired) electrons. The molecule has 0 N–H and O–H groups in total. The van der Waals surface area contributed by atoms with Crippen LogP contribution in [-0.4, -0.2) is 38.7 Å². The molecule has 0 aliphatic carbocycles. The second kappa shape index (κ2) is 12.2. The Hall–Kier alpha value is -3.93. The van der Waals surface area contributed by atoms with E-state index < -0.39 is 25.1 Å². The Morgan fingerprint density at radius 3 is 2.42 bits per heavy atom. The predicted octanol–water partition coefficient (Wildman–Crippen LogP) is 4.42. The van der Waals surface area contributed by atoms with Crippen molar-refractivity contribution in [2.45, 2.75) is 26.9 Å². The summed E-state index contributed by atoms with van der Waals surface area (Å²) in [6.07, 6.45) is 2.62. The molecule has 0 saturated heterocycles. The van der Waals surface area contributed by atoms with Crippen LogP contribution in [0.5, 0.6) is 11.5 Å². The zero-order valence-corrected chi connectivity index (χ0v) is 18.5. The molecule has 0 atom stereocenters. The summed E-state index contributed by atoms with van der Waals surface area (Å²) in [6.45, 7) is 0.458. The second-order valence-electron chi connectivity index (χ2n) is 7.03. The van der Waals surface area contributed by atoms with Crippen molar-refractivity contribution < 1.29 is 32.6 Å². The Labute approximate surface area is 190 Å². The number of rotatable bonds is 10. The third-order valence-corrected chi connectivity index (χ3v) is 4.42.